The van der Waals surface area contributed by atoms with Crippen LogP contribution in [0.2, 0.25) is 5.02 Å². The Labute approximate surface area is 105 Å². The zero-order valence-electron chi connectivity index (χ0n) is 9.74. The minimum atomic E-state index is -0.0717. The van der Waals surface area contributed by atoms with Gasteiger partial charge in [-0.2, -0.15) is 0 Å². The van der Waals surface area contributed by atoms with Crippen molar-refractivity contribution >= 4 is 29.1 Å². The topological polar surface area (TPSA) is 40.6 Å². The van der Waals surface area contributed by atoms with Gasteiger partial charge in [-0.25, -0.2) is 0 Å². The van der Waals surface area contributed by atoms with E-state index in [2.05, 4.69) is 0 Å². The molecule has 4 nitrogen and oxygen atoms in total. The number of carbonyl (C=O) groups is 2. The molecular formula is C12H13ClN2O2. The average Bonchev–Trinajstić information content (AvgIpc) is 2.24. The summed E-state index contributed by atoms with van der Waals surface area (Å²) >= 11 is 5.87. The summed E-state index contributed by atoms with van der Waals surface area (Å²) < 4.78 is 0. The molecule has 0 spiro atoms. The highest BCUT2D eigenvalue weighted by atomic mass is 35.5. The molecule has 1 aromatic rings. The number of rotatable bonds is 1. The molecule has 0 atom stereocenters. The summed E-state index contributed by atoms with van der Waals surface area (Å²) in [6.45, 7) is 2.09. The van der Waals surface area contributed by atoms with Crippen molar-refractivity contribution in [3.8, 4) is 0 Å². The van der Waals surface area contributed by atoms with E-state index in [1.54, 1.807) is 25.2 Å². The third kappa shape index (κ3) is 2.26. The van der Waals surface area contributed by atoms with E-state index in [0.29, 0.717) is 5.02 Å². The fourth-order valence-electron chi connectivity index (χ4n) is 1.86. The number of nitrogens with zero attached hydrogens (tertiary/aromatic N) is 2. The number of amides is 2. The van der Waals surface area contributed by atoms with Gasteiger partial charge in [-0.05, 0) is 30.7 Å². The summed E-state index contributed by atoms with van der Waals surface area (Å²) in [6, 6.07) is 5.28. The van der Waals surface area contributed by atoms with Gasteiger partial charge < -0.3 is 9.80 Å². The lowest BCUT2D eigenvalue weighted by atomic mass is 10.1. The number of piperazine rings is 1. The SMILES string of the molecule is Cc1cc(Cl)ccc1N1CC(=O)N(C)CC1=O. The lowest BCUT2D eigenvalue weighted by molar-refractivity contribution is -0.136. The average molecular weight is 253 g/mol. The van der Waals surface area contributed by atoms with Gasteiger partial charge in [0.05, 0.1) is 6.54 Å². The van der Waals surface area contributed by atoms with Crippen LogP contribution in [-0.4, -0.2) is 36.9 Å². The van der Waals surface area contributed by atoms with Gasteiger partial charge in [0.15, 0.2) is 0 Å². The molecule has 1 aliphatic rings. The number of hydrogen-bond donors (Lipinski definition) is 0. The van der Waals surface area contributed by atoms with Crippen molar-refractivity contribution in [1.82, 2.24) is 4.90 Å². The second-order valence-electron chi connectivity index (χ2n) is 4.16. The maximum absolute atomic E-state index is 11.9. The van der Waals surface area contributed by atoms with Crippen LogP contribution >= 0.6 is 11.6 Å². The first-order chi connectivity index (χ1) is 7.99. The molecule has 1 heterocycles. The van der Waals surface area contributed by atoms with E-state index < -0.39 is 0 Å². The molecule has 0 radical (unpaired) electrons. The summed E-state index contributed by atoms with van der Waals surface area (Å²) in [5.41, 5.74) is 1.64. The maximum Gasteiger partial charge on any atom is 0.247 e. The van der Waals surface area contributed by atoms with Gasteiger partial charge >= 0.3 is 0 Å². The number of likely N-dealkylation sites (N-methyl/N-ethyl adjacent to an activating group) is 1. The quantitative estimate of drug-likeness (QED) is 0.759. The molecule has 0 bridgehead atoms. The Morgan fingerprint density at radius 2 is 1.88 bits per heavy atom. The van der Waals surface area contributed by atoms with Crippen LogP contribution in [0.5, 0.6) is 0 Å². The Balaban J connectivity index is 2.33. The van der Waals surface area contributed by atoms with Gasteiger partial charge in [0.25, 0.3) is 0 Å². The largest absolute Gasteiger partial charge is 0.335 e. The predicted molar refractivity (Wildman–Crippen MR) is 66.2 cm³/mol. The van der Waals surface area contributed by atoms with Crippen molar-refractivity contribution in [3.05, 3.63) is 28.8 Å². The molecular weight excluding hydrogens is 240 g/mol. The molecule has 1 saturated heterocycles. The zero-order valence-corrected chi connectivity index (χ0v) is 10.5. The lowest BCUT2D eigenvalue weighted by Crippen LogP contribution is -2.52. The van der Waals surface area contributed by atoms with Gasteiger partial charge in [0, 0.05) is 17.8 Å². The van der Waals surface area contributed by atoms with E-state index in [-0.39, 0.29) is 24.9 Å². The first kappa shape index (κ1) is 11.9. The van der Waals surface area contributed by atoms with Crippen LogP contribution in [0.4, 0.5) is 5.69 Å². The summed E-state index contributed by atoms with van der Waals surface area (Å²) in [5, 5.41) is 0.624. The van der Waals surface area contributed by atoms with Crippen LogP contribution in [0.1, 0.15) is 5.56 Å². The third-order valence-corrected chi connectivity index (χ3v) is 3.08. The van der Waals surface area contributed by atoms with Crippen LogP contribution < -0.4 is 4.90 Å². The number of hydrogen-bond acceptors (Lipinski definition) is 2. The number of halogens is 1. The highest BCUT2D eigenvalue weighted by Gasteiger charge is 2.29. The number of carbonyl (C=O) groups excluding carboxylic acids is 2. The second-order valence-corrected chi connectivity index (χ2v) is 4.60. The molecule has 90 valence electrons. The van der Waals surface area contributed by atoms with Crippen LogP contribution in [0.15, 0.2) is 18.2 Å². The molecule has 0 saturated carbocycles. The molecule has 2 amide bonds. The highest BCUT2D eigenvalue weighted by Crippen LogP contribution is 2.25. The molecule has 5 heteroatoms. The Hall–Kier alpha value is -1.55. The van der Waals surface area contributed by atoms with Gasteiger partial charge in [0.2, 0.25) is 11.8 Å². The van der Waals surface area contributed by atoms with Gasteiger partial charge in [-0.15, -0.1) is 0 Å². The zero-order chi connectivity index (χ0) is 12.6. The normalized spacial score (nSPS) is 16.6. The van der Waals surface area contributed by atoms with Crippen LogP contribution in [0.3, 0.4) is 0 Å². The summed E-state index contributed by atoms with van der Waals surface area (Å²) in [5.74, 6) is -0.128. The number of anilines is 1. The molecule has 1 aliphatic heterocycles. The Morgan fingerprint density at radius 1 is 1.18 bits per heavy atom. The van der Waals surface area contributed by atoms with Crippen LogP contribution in [0, 0.1) is 6.92 Å². The second kappa shape index (κ2) is 4.37. The Kier molecular flexibility index (Phi) is 3.07. The smallest absolute Gasteiger partial charge is 0.247 e. The Bertz CT molecular complexity index is 487. The van der Waals surface area contributed by atoms with Crippen molar-refractivity contribution in [1.29, 1.82) is 0 Å². The third-order valence-electron chi connectivity index (χ3n) is 2.84. The minimum Gasteiger partial charge on any atom is -0.335 e. The lowest BCUT2D eigenvalue weighted by Gasteiger charge is -2.32. The molecule has 17 heavy (non-hydrogen) atoms. The maximum atomic E-state index is 11.9. The van der Waals surface area contributed by atoms with Gasteiger partial charge in [-0.3, -0.25) is 9.59 Å². The fourth-order valence-corrected chi connectivity index (χ4v) is 2.09. The number of benzene rings is 1. The highest BCUT2D eigenvalue weighted by molar-refractivity contribution is 6.30. The van der Waals surface area contributed by atoms with Gasteiger partial charge in [0.1, 0.15) is 6.54 Å². The van der Waals surface area contributed by atoms with E-state index in [0.717, 1.165) is 11.3 Å². The predicted octanol–water partition coefficient (Wildman–Crippen LogP) is 1.45. The van der Waals surface area contributed by atoms with Crippen LogP contribution in [-0.2, 0) is 9.59 Å². The summed E-state index contributed by atoms with van der Waals surface area (Å²) in [4.78, 5) is 26.4. The van der Waals surface area contributed by atoms with E-state index in [4.69, 9.17) is 11.6 Å². The van der Waals surface area contributed by atoms with Gasteiger partial charge in [-0.1, -0.05) is 11.6 Å². The monoisotopic (exact) mass is 252 g/mol. The van der Waals surface area contributed by atoms with Crippen molar-refractivity contribution < 1.29 is 9.59 Å². The van der Waals surface area contributed by atoms with Crippen molar-refractivity contribution in [3.63, 3.8) is 0 Å². The fraction of sp³-hybridized carbons (Fsp3) is 0.333. The van der Waals surface area contributed by atoms with E-state index in [9.17, 15) is 9.59 Å². The first-order valence-corrected chi connectivity index (χ1v) is 5.67. The molecule has 1 fully saturated rings. The molecule has 2 rings (SSSR count). The van der Waals surface area contributed by atoms with Crippen LogP contribution in [0.25, 0.3) is 0 Å². The number of aryl methyl sites for hydroxylation is 1. The minimum absolute atomic E-state index is 0.0565. The van der Waals surface area contributed by atoms with Crippen molar-refractivity contribution in [2.24, 2.45) is 0 Å². The standard InChI is InChI=1S/C12H13ClN2O2/c1-8-5-9(13)3-4-10(8)15-7-11(16)14(2)6-12(15)17/h3-5H,6-7H2,1-2H3. The molecule has 0 aromatic heterocycles. The first-order valence-electron chi connectivity index (χ1n) is 5.29. The summed E-state index contributed by atoms with van der Waals surface area (Å²) in [6.07, 6.45) is 0. The van der Waals surface area contributed by atoms with E-state index >= 15 is 0 Å². The molecule has 0 aliphatic carbocycles. The molecule has 0 unspecified atom stereocenters. The van der Waals surface area contributed by atoms with E-state index in [1.165, 1.54) is 9.80 Å². The van der Waals surface area contributed by atoms with Crippen molar-refractivity contribution in [2.45, 2.75) is 6.92 Å². The summed E-state index contributed by atoms with van der Waals surface area (Å²) in [7, 11) is 1.63. The van der Waals surface area contributed by atoms with Crippen molar-refractivity contribution in [2.75, 3.05) is 25.0 Å². The Morgan fingerprint density at radius 3 is 2.53 bits per heavy atom. The molecule has 1 aromatic carbocycles. The molecule has 0 N–H and O–H groups in total. The van der Waals surface area contributed by atoms with E-state index in [1.807, 2.05) is 6.92 Å².